The largest absolute Gasteiger partial charge is 0.355 e. The van der Waals surface area contributed by atoms with Gasteiger partial charge in [0.15, 0.2) is 0 Å². The van der Waals surface area contributed by atoms with E-state index in [0.29, 0.717) is 13.1 Å². The van der Waals surface area contributed by atoms with Gasteiger partial charge in [-0.3, -0.25) is 9.59 Å². The number of nitrogens with one attached hydrogen (secondary N) is 1. The molecule has 0 aliphatic carbocycles. The summed E-state index contributed by atoms with van der Waals surface area (Å²) in [7, 11) is 0. The topological polar surface area (TPSA) is 75.4 Å². The molecular weight excluding hydrogens is 242 g/mol. The molecule has 3 N–H and O–H groups in total. The highest BCUT2D eigenvalue weighted by Gasteiger charge is 2.31. The molecule has 0 unspecified atom stereocenters. The maximum Gasteiger partial charge on any atom is 0.240 e. The van der Waals surface area contributed by atoms with E-state index in [4.69, 9.17) is 5.73 Å². The lowest BCUT2D eigenvalue weighted by atomic mass is 9.86. The summed E-state index contributed by atoms with van der Waals surface area (Å²) in [5.74, 6) is -0.272. The van der Waals surface area contributed by atoms with Crippen LogP contribution in [-0.4, -0.2) is 42.4 Å². The third kappa shape index (κ3) is 6.57. The second-order valence-electron chi connectivity index (χ2n) is 5.95. The molecule has 1 atom stereocenters. The van der Waals surface area contributed by atoms with Crippen LogP contribution in [0.25, 0.3) is 0 Å². The fourth-order valence-electron chi connectivity index (χ4n) is 1.60. The molecule has 0 spiro atoms. The van der Waals surface area contributed by atoms with E-state index < -0.39 is 6.04 Å². The Hall–Kier alpha value is -1.10. The summed E-state index contributed by atoms with van der Waals surface area (Å²) in [5.41, 5.74) is 5.68. The highest BCUT2D eigenvalue weighted by molar-refractivity contribution is 5.87. The summed E-state index contributed by atoms with van der Waals surface area (Å²) in [6.45, 7) is 11.0. The van der Waals surface area contributed by atoms with Crippen LogP contribution in [0.2, 0.25) is 0 Å². The number of carbonyl (C=O) groups excluding carboxylic acids is 2. The molecule has 0 aliphatic rings. The number of nitrogens with two attached hydrogens (primary N) is 1. The fourth-order valence-corrected chi connectivity index (χ4v) is 1.60. The number of carbonyl (C=O) groups is 2. The van der Waals surface area contributed by atoms with Gasteiger partial charge in [0, 0.05) is 13.1 Å². The van der Waals surface area contributed by atoms with E-state index >= 15 is 0 Å². The molecule has 112 valence electrons. The maximum atomic E-state index is 12.3. The fraction of sp³-hybridized carbons (Fsp3) is 0.857. The molecular formula is C14H29N3O2. The molecule has 0 aromatic rings. The van der Waals surface area contributed by atoms with E-state index in [1.165, 1.54) is 0 Å². The van der Waals surface area contributed by atoms with E-state index in [0.717, 1.165) is 12.8 Å². The zero-order chi connectivity index (χ0) is 15.1. The van der Waals surface area contributed by atoms with E-state index in [1.807, 2.05) is 34.6 Å². The summed E-state index contributed by atoms with van der Waals surface area (Å²) in [4.78, 5) is 25.6. The number of nitrogens with zero attached hydrogens (tertiary/aromatic N) is 1. The molecule has 0 saturated heterocycles. The molecule has 0 aromatic carbocycles. The number of hydrogen-bond donors (Lipinski definition) is 2. The Morgan fingerprint density at radius 3 is 2.21 bits per heavy atom. The van der Waals surface area contributed by atoms with Gasteiger partial charge >= 0.3 is 0 Å². The molecule has 5 nitrogen and oxygen atoms in total. The predicted molar refractivity (Wildman–Crippen MR) is 77.6 cm³/mol. The van der Waals surface area contributed by atoms with Gasteiger partial charge in [0.2, 0.25) is 11.8 Å². The zero-order valence-corrected chi connectivity index (χ0v) is 13.0. The molecule has 5 heteroatoms. The number of amides is 2. The summed E-state index contributed by atoms with van der Waals surface area (Å²) in [6.07, 6.45) is 1.69. The molecule has 0 bridgehead atoms. The molecule has 2 amide bonds. The predicted octanol–water partition coefficient (Wildman–Crippen LogP) is 1.12. The first-order valence-electron chi connectivity index (χ1n) is 7.05. The lowest BCUT2D eigenvalue weighted by Gasteiger charge is -2.31. The van der Waals surface area contributed by atoms with Gasteiger partial charge in [-0.2, -0.15) is 0 Å². The Bertz CT molecular complexity index is 298. The van der Waals surface area contributed by atoms with Gasteiger partial charge in [-0.1, -0.05) is 34.6 Å². The van der Waals surface area contributed by atoms with Crippen LogP contribution in [-0.2, 0) is 9.59 Å². The first-order chi connectivity index (χ1) is 8.73. The van der Waals surface area contributed by atoms with E-state index in [9.17, 15) is 9.59 Å². The van der Waals surface area contributed by atoms with Gasteiger partial charge in [-0.25, -0.2) is 0 Å². The average molecular weight is 271 g/mol. The van der Waals surface area contributed by atoms with Gasteiger partial charge in [0.05, 0.1) is 12.6 Å². The second kappa shape index (κ2) is 8.15. The van der Waals surface area contributed by atoms with Crippen molar-refractivity contribution in [3.63, 3.8) is 0 Å². The van der Waals surface area contributed by atoms with Crippen molar-refractivity contribution in [2.45, 2.75) is 53.5 Å². The average Bonchev–Trinajstić information content (AvgIpc) is 2.32. The molecule has 0 saturated carbocycles. The molecule has 0 aromatic heterocycles. The van der Waals surface area contributed by atoms with Crippen molar-refractivity contribution >= 4 is 11.8 Å². The van der Waals surface area contributed by atoms with Crippen LogP contribution >= 0.6 is 0 Å². The van der Waals surface area contributed by atoms with Gasteiger partial charge < -0.3 is 16.0 Å². The van der Waals surface area contributed by atoms with E-state index in [2.05, 4.69) is 5.32 Å². The van der Waals surface area contributed by atoms with Gasteiger partial charge in [-0.15, -0.1) is 0 Å². The lowest BCUT2D eigenvalue weighted by Crippen LogP contribution is -2.52. The van der Waals surface area contributed by atoms with E-state index in [1.54, 1.807) is 4.90 Å². The van der Waals surface area contributed by atoms with Crippen LogP contribution in [0.1, 0.15) is 47.5 Å². The van der Waals surface area contributed by atoms with Crippen molar-refractivity contribution in [2.24, 2.45) is 11.1 Å². The maximum absolute atomic E-state index is 12.3. The molecule has 0 fully saturated rings. The molecule has 0 heterocycles. The summed E-state index contributed by atoms with van der Waals surface area (Å²) >= 11 is 0. The Balaban J connectivity index is 4.63. The van der Waals surface area contributed by atoms with Crippen LogP contribution in [0.5, 0.6) is 0 Å². The minimum absolute atomic E-state index is 0.0937. The van der Waals surface area contributed by atoms with Crippen molar-refractivity contribution < 1.29 is 9.59 Å². The third-order valence-corrected chi connectivity index (χ3v) is 2.91. The highest BCUT2D eigenvalue weighted by atomic mass is 16.2. The van der Waals surface area contributed by atoms with Crippen molar-refractivity contribution in [3.05, 3.63) is 0 Å². The molecule has 0 rings (SSSR count). The third-order valence-electron chi connectivity index (χ3n) is 2.91. The Morgan fingerprint density at radius 1 is 1.21 bits per heavy atom. The van der Waals surface area contributed by atoms with E-state index in [-0.39, 0.29) is 23.8 Å². The zero-order valence-electron chi connectivity index (χ0n) is 13.0. The lowest BCUT2D eigenvalue weighted by molar-refractivity contribution is -0.139. The SMILES string of the molecule is CCCNC(=O)CN(CCC)C(=O)[C@@H](N)C(C)(C)C. The Morgan fingerprint density at radius 2 is 1.79 bits per heavy atom. The Labute approximate surface area is 116 Å². The normalized spacial score (nSPS) is 12.9. The number of hydrogen-bond acceptors (Lipinski definition) is 3. The first kappa shape index (κ1) is 17.9. The van der Waals surface area contributed by atoms with Gasteiger partial charge in [0.25, 0.3) is 0 Å². The van der Waals surface area contributed by atoms with Gasteiger partial charge in [0.1, 0.15) is 0 Å². The summed E-state index contributed by atoms with van der Waals surface area (Å²) in [6, 6.07) is -0.585. The van der Waals surface area contributed by atoms with Crippen LogP contribution in [0, 0.1) is 5.41 Å². The molecule has 0 aliphatic heterocycles. The van der Waals surface area contributed by atoms with Crippen LogP contribution in [0.15, 0.2) is 0 Å². The summed E-state index contributed by atoms with van der Waals surface area (Å²) in [5, 5.41) is 2.78. The second-order valence-corrected chi connectivity index (χ2v) is 5.95. The van der Waals surface area contributed by atoms with Gasteiger partial charge in [-0.05, 0) is 18.3 Å². The Kier molecular flexibility index (Phi) is 7.68. The first-order valence-corrected chi connectivity index (χ1v) is 7.05. The summed E-state index contributed by atoms with van der Waals surface area (Å²) < 4.78 is 0. The quantitative estimate of drug-likeness (QED) is 0.728. The van der Waals surface area contributed by atoms with Crippen molar-refractivity contribution in [3.8, 4) is 0 Å². The minimum Gasteiger partial charge on any atom is -0.355 e. The van der Waals surface area contributed by atoms with Crippen LogP contribution in [0.3, 0.4) is 0 Å². The molecule has 0 radical (unpaired) electrons. The van der Waals surface area contributed by atoms with Crippen LogP contribution < -0.4 is 11.1 Å². The number of rotatable bonds is 7. The van der Waals surface area contributed by atoms with Crippen molar-refractivity contribution in [2.75, 3.05) is 19.6 Å². The molecule has 19 heavy (non-hydrogen) atoms. The van der Waals surface area contributed by atoms with Crippen molar-refractivity contribution in [1.29, 1.82) is 0 Å². The van der Waals surface area contributed by atoms with Crippen molar-refractivity contribution in [1.82, 2.24) is 10.2 Å². The minimum atomic E-state index is -0.585. The monoisotopic (exact) mass is 271 g/mol. The smallest absolute Gasteiger partial charge is 0.240 e. The van der Waals surface area contributed by atoms with Crippen LogP contribution in [0.4, 0.5) is 0 Å². The standard InChI is InChI=1S/C14H29N3O2/c1-6-8-16-11(18)10-17(9-7-2)13(19)12(15)14(3,4)5/h12H,6-10,15H2,1-5H3,(H,16,18)/t12-/m1/s1. The highest BCUT2D eigenvalue weighted by Crippen LogP contribution is 2.19.